The molecular formula is C28H37F3N4O5. The molecule has 40 heavy (non-hydrogen) atoms. The summed E-state index contributed by atoms with van der Waals surface area (Å²) in [4.78, 5) is 29.1. The Morgan fingerprint density at radius 2 is 1.62 bits per heavy atom. The summed E-state index contributed by atoms with van der Waals surface area (Å²) < 4.78 is 50.6. The zero-order chi connectivity index (χ0) is 28.0. The molecule has 0 N–H and O–H groups in total. The molecular weight excluding hydrogens is 529 g/mol. The lowest BCUT2D eigenvalue weighted by atomic mass is 10.1. The fourth-order valence-corrected chi connectivity index (χ4v) is 5.02. The van der Waals surface area contributed by atoms with Gasteiger partial charge in [0, 0.05) is 70.3 Å². The molecule has 2 saturated heterocycles. The van der Waals surface area contributed by atoms with Crippen LogP contribution in [0.3, 0.4) is 0 Å². The van der Waals surface area contributed by atoms with E-state index in [9.17, 15) is 28.1 Å². The van der Waals surface area contributed by atoms with Crippen LogP contribution >= 0.6 is 0 Å². The van der Waals surface area contributed by atoms with Crippen molar-refractivity contribution in [1.29, 1.82) is 0 Å². The van der Waals surface area contributed by atoms with Crippen LogP contribution in [-0.2, 0) is 11.0 Å². The van der Waals surface area contributed by atoms with Crippen molar-refractivity contribution in [2.75, 3.05) is 57.8 Å². The predicted molar refractivity (Wildman–Crippen MR) is 146 cm³/mol. The lowest BCUT2D eigenvalue weighted by Crippen LogP contribution is -2.47. The van der Waals surface area contributed by atoms with Crippen molar-refractivity contribution in [3.05, 3.63) is 58.1 Å². The molecule has 2 aliphatic rings. The SMILES string of the molecule is C.COc1ccc(N2CCN(CCCC(=O)N3CCC(Oc4ccc([N+](=O)[O-])c(C(F)(F)F)c4)CC3)CC2)cc1. The maximum atomic E-state index is 13.2. The summed E-state index contributed by atoms with van der Waals surface area (Å²) in [7, 11) is 1.65. The Bertz CT molecular complexity index is 1130. The van der Waals surface area contributed by atoms with E-state index in [4.69, 9.17) is 9.47 Å². The lowest BCUT2D eigenvalue weighted by molar-refractivity contribution is -0.388. The predicted octanol–water partition coefficient (Wildman–Crippen LogP) is 5.23. The maximum Gasteiger partial charge on any atom is 0.423 e. The van der Waals surface area contributed by atoms with Crippen LogP contribution in [-0.4, -0.2) is 79.7 Å². The Kier molecular flexibility index (Phi) is 10.6. The molecule has 0 aliphatic carbocycles. The Morgan fingerprint density at radius 1 is 1.00 bits per heavy atom. The van der Waals surface area contributed by atoms with Gasteiger partial charge in [0.15, 0.2) is 0 Å². The van der Waals surface area contributed by atoms with Gasteiger partial charge in [-0.05, 0) is 49.4 Å². The minimum Gasteiger partial charge on any atom is -0.497 e. The number of piperidine rings is 1. The summed E-state index contributed by atoms with van der Waals surface area (Å²) in [5.41, 5.74) is -1.17. The van der Waals surface area contributed by atoms with Gasteiger partial charge in [-0.2, -0.15) is 13.2 Å². The molecule has 2 aliphatic heterocycles. The largest absolute Gasteiger partial charge is 0.497 e. The summed E-state index contributed by atoms with van der Waals surface area (Å²) in [6.07, 6.45) is -3.04. The van der Waals surface area contributed by atoms with Crippen LogP contribution in [0, 0.1) is 10.1 Å². The molecule has 0 atom stereocenters. The van der Waals surface area contributed by atoms with Gasteiger partial charge in [-0.3, -0.25) is 19.8 Å². The fraction of sp³-hybridized carbons (Fsp3) is 0.536. The van der Waals surface area contributed by atoms with Gasteiger partial charge in [-0.25, -0.2) is 0 Å². The van der Waals surface area contributed by atoms with E-state index in [0.717, 1.165) is 51.0 Å². The van der Waals surface area contributed by atoms with E-state index in [-0.39, 0.29) is 25.2 Å². The summed E-state index contributed by atoms with van der Waals surface area (Å²) in [6.45, 7) is 5.49. The molecule has 0 aromatic heterocycles. The Morgan fingerprint density at radius 3 is 2.20 bits per heavy atom. The van der Waals surface area contributed by atoms with Crippen LogP contribution in [0.5, 0.6) is 11.5 Å². The number of nitro groups is 1. The Hall–Kier alpha value is -3.54. The van der Waals surface area contributed by atoms with Gasteiger partial charge in [-0.15, -0.1) is 0 Å². The summed E-state index contributed by atoms with van der Waals surface area (Å²) >= 11 is 0. The number of hydrogen-bond donors (Lipinski definition) is 0. The van der Waals surface area contributed by atoms with Gasteiger partial charge >= 0.3 is 6.18 Å². The van der Waals surface area contributed by atoms with E-state index >= 15 is 0 Å². The first kappa shape index (κ1) is 31.0. The molecule has 220 valence electrons. The molecule has 2 aromatic rings. The number of alkyl halides is 3. The number of amides is 1. The van der Waals surface area contributed by atoms with E-state index in [0.29, 0.717) is 38.4 Å². The number of carbonyl (C=O) groups is 1. The monoisotopic (exact) mass is 566 g/mol. The summed E-state index contributed by atoms with van der Waals surface area (Å²) in [5.74, 6) is 0.840. The van der Waals surface area contributed by atoms with E-state index in [1.807, 2.05) is 12.1 Å². The van der Waals surface area contributed by atoms with Gasteiger partial charge in [0.2, 0.25) is 5.91 Å². The highest BCUT2D eigenvalue weighted by atomic mass is 19.4. The van der Waals surface area contributed by atoms with Gasteiger partial charge in [0.05, 0.1) is 12.0 Å². The molecule has 4 rings (SSSR count). The van der Waals surface area contributed by atoms with Crippen LogP contribution in [0.4, 0.5) is 24.5 Å². The van der Waals surface area contributed by atoms with Crippen molar-refractivity contribution in [1.82, 2.24) is 9.80 Å². The van der Waals surface area contributed by atoms with Crippen LogP contribution < -0.4 is 14.4 Å². The molecule has 1 amide bonds. The highest BCUT2D eigenvalue weighted by molar-refractivity contribution is 5.76. The number of rotatable bonds is 9. The highest BCUT2D eigenvalue weighted by Crippen LogP contribution is 2.38. The lowest BCUT2D eigenvalue weighted by Gasteiger charge is -2.36. The topological polar surface area (TPSA) is 88.4 Å². The Balaban J connectivity index is 0.00000441. The quantitative estimate of drug-likeness (QED) is 0.303. The van der Waals surface area contributed by atoms with Crippen molar-refractivity contribution in [2.24, 2.45) is 0 Å². The van der Waals surface area contributed by atoms with E-state index in [2.05, 4.69) is 21.9 Å². The minimum absolute atomic E-state index is 0. The number of benzene rings is 2. The number of anilines is 1. The second kappa shape index (κ2) is 13.7. The van der Waals surface area contributed by atoms with Gasteiger partial charge in [0.25, 0.3) is 5.69 Å². The minimum atomic E-state index is -4.86. The molecule has 0 bridgehead atoms. The van der Waals surface area contributed by atoms with Crippen LogP contribution in [0.1, 0.15) is 38.7 Å². The number of hydrogen-bond acceptors (Lipinski definition) is 7. The number of methoxy groups -OCH3 is 1. The van der Waals surface area contributed by atoms with Crippen LogP contribution in [0.25, 0.3) is 0 Å². The van der Waals surface area contributed by atoms with Gasteiger partial charge in [0.1, 0.15) is 23.2 Å². The molecule has 0 unspecified atom stereocenters. The van der Waals surface area contributed by atoms with E-state index in [1.165, 1.54) is 11.8 Å². The second-order valence-corrected chi connectivity index (χ2v) is 9.76. The van der Waals surface area contributed by atoms with Crippen LogP contribution in [0.2, 0.25) is 0 Å². The molecule has 12 heteroatoms. The number of halogens is 3. The first-order chi connectivity index (χ1) is 18.6. The number of nitro benzene ring substituents is 1. The summed E-state index contributed by atoms with van der Waals surface area (Å²) in [6, 6.07) is 10.7. The zero-order valence-electron chi connectivity index (χ0n) is 21.9. The highest BCUT2D eigenvalue weighted by Gasteiger charge is 2.39. The van der Waals surface area contributed by atoms with Crippen molar-refractivity contribution in [3.8, 4) is 11.5 Å². The van der Waals surface area contributed by atoms with Crippen molar-refractivity contribution >= 4 is 17.3 Å². The van der Waals surface area contributed by atoms with Crippen molar-refractivity contribution < 1.29 is 32.4 Å². The summed E-state index contributed by atoms with van der Waals surface area (Å²) in [5, 5.41) is 10.9. The molecule has 2 heterocycles. The van der Waals surface area contributed by atoms with Gasteiger partial charge < -0.3 is 19.3 Å². The molecule has 0 radical (unpaired) electrons. The average Bonchev–Trinajstić information content (AvgIpc) is 2.93. The number of nitrogens with zero attached hydrogens (tertiary/aromatic N) is 4. The van der Waals surface area contributed by atoms with Crippen molar-refractivity contribution in [2.45, 2.75) is 45.4 Å². The normalized spacial score (nSPS) is 16.8. The number of carbonyl (C=O) groups excluding carboxylic acids is 1. The third-order valence-electron chi connectivity index (χ3n) is 7.24. The van der Waals surface area contributed by atoms with Crippen molar-refractivity contribution in [3.63, 3.8) is 0 Å². The number of piperazine rings is 1. The smallest absolute Gasteiger partial charge is 0.423 e. The third kappa shape index (κ3) is 8.00. The molecule has 0 spiro atoms. The Labute approximate surface area is 232 Å². The standard InChI is InChI=1S/C27H33F3N4O5.CH4/c1-38-21-6-4-20(5-7-21)32-17-15-31(16-18-32)12-2-3-26(35)33-13-10-22(11-14-33)39-23-8-9-25(34(36)37)24(19-23)27(28,29)30;/h4-9,19,22H,2-3,10-18H2,1H3;1H4. The average molecular weight is 567 g/mol. The zero-order valence-corrected chi connectivity index (χ0v) is 21.9. The van der Waals surface area contributed by atoms with E-state index in [1.54, 1.807) is 12.0 Å². The van der Waals surface area contributed by atoms with Gasteiger partial charge in [-0.1, -0.05) is 7.43 Å². The second-order valence-electron chi connectivity index (χ2n) is 9.76. The fourth-order valence-electron chi connectivity index (χ4n) is 5.02. The first-order valence-corrected chi connectivity index (χ1v) is 13.1. The third-order valence-corrected chi connectivity index (χ3v) is 7.24. The molecule has 2 aromatic carbocycles. The molecule has 2 fully saturated rings. The maximum absolute atomic E-state index is 13.2. The number of ether oxygens (including phenoxy) is 2. The number of likely N-dealkylation sites (tertiary alicyclic amines) is 1. The first-order valence-electron chi connectivity index (χ1n) is 13.1. The molecule has 0 saturated carbocycles. The van der Waals surface area contributed by atoms with Crippen LogP contribution in [0.15, 0.2) is 42.5 Å². The molecule has 9 nitrogen and oxygen atoms in total. The van der Waals surface area contributed by atoms with E-state index < -0.39 is 22.4 Å².